The molecule has 0 spiro atoms. The third kappa shape index (κ3) is 2.71. The summed E-state index contributed by atoms with van der Waals surface area (Å²) in [6.07, 6.45) is 0. The lowest BCUT2D eigenvalue weighted by molar-refractivity contribution is 0.0916. The molecule has 18 heavy (non-hydrogen) atoms. The minimum atomic E-state index is -0.239. The van der Waals surface area contributed by atoms with Crippen LogP contribution in [0.25, 0.3) is 11.3 Å². The van der Waals surface area contributed by atoms with Gasteiger partial charge in [-0.1, -0.05) is 12.1 Å². The van der Waals surface area contributed by atoms with Gasteiger partial charge >= 0.3 is 0 Å². The molecule has 4 nitrogen and oxygen atoms in total. The Bertz CT molecular complexity index is 558. The average molecular weight is 245 g/mol. The van der Waals surface area contributed by atoms with Crippen LogP contribution in [0.15, 0.2) is 40.8 Å². The van der Waals surface area contributed by atoms with Gasteiger partial charge in [-0.2, -0.15) is 0 Å². The van der Waals surface area contributed by atoms with Crippen molar-refractivity contribution in [2.45, 2.75) is 19.9 Å². The standard InChI is InChI=1S/C14H15NO3/c1-9(2)15-14(17)13-7-6-12(18-13)10-4-3-5-11(16)8-10/h3-9,16H,1-2H3,(H,15,17). The zero-order valence-corrected chi connectivity index (χ0v) is 10.3. The Morgan fingerprint density at radius 2 is 2.06 bits per heavy atom. The molecule has 2 aromatic rings. The normalized spacial score (nSPS) is 10.6. The molecule has 0 saturated carbocycles. The Hall–Kier alpha value is -2.23. The summed E-state index contributed by atoms with van der Waals surface area (Å²) in [4.78, 5) is 11.7. The fourth-order valence-electron chi connectivity index (χ4n) is 1.61. The van der Waals surface area contributed by atoms with Crippen LogP contribution in [0.5, 0.6) is 5.75 Å². The van der Waals surface area contributed by atoms with Crippen LogP contribution in [0.1, 0.15) is 24.4 Å². The van der Waals surface area contributed by atoms with Crippen LogP contribution in [0.4, 0.5) is 0 Å². The van der Waals surface area contributed by atoms with Crippen molar-refractivity contribution >= 4 is 5.91 Å². The number of benzene rings is 1. The number of carbonyl (C=O) groups is 1. The number of phenolic OH excluding ortho intramolecular Hbond substituents is 1. The maximum Gasteiger partial charge on any atom is 0.287 e. The number of carbonyl (C=O) groups excluding carboxylic acids is 1. The second-order valence-electron chi connectivity index (χ2n) is 4.34. The van der Waals surface area contributed by atoms with Gasteiger partial charge in [-0.15, -0.1) is 0 Å². The van der Waals surface area contributed by atoms with E-state index in [4.69, 9.17) is 4.42 Å². The fourth-order valence-corrected chi connectivity index (χ4v) is 1.61. The molecule has 0 aliphatic heterocycles. The molecule has 0 atom stereocenters. The van der Waals surface area contributed by atoms with E-state index in [1.807, 2.05) is 19.9 Å². The van der Waals surface area contributed by atoms with Crippen molar-refractivity contribution in [3.63, 3.8) is 0 Å². The highest BCUT2D eigenvalue weighted by Gasteiger charge is 2.12. The first-order chi connectivity index (χ1) is 8.56. The van der Waals surface area contributed by atoms with Gasteiger partial charge in [0.1, 0.15) is 11.5 Å². The minimum Gasteiger partial charge on any atom is -0.508 e. The summed E-state index contributed by atoms with van der Waals surface area (Å²) in [5, 5.41) is 12.1. The molecule has 0 aliphatic carbocycles. The van der Waals surface area contributed by atoms with Crippen molar-refractivity contribution in [3.05, 3.63) is 42.2 Å². The summed E-state index contributed by atoms with van der Waals surface area (Å²) in [7, 11) is 0. The number of hydrogen-bond donors (Lipinski definition) is 2. The van der Waals surface area contributed by atoms with Crippen molar-refractivity contribution < 1.29 is 14.3 Å². The number of rotatable bonds is 3. The summed E-state index contributed by atoms with van der Waals surface area (Å²) in [5.41, 5.74) is 0.735. The predicted octanol–water partition coefficient (Wildman–Crippen LogP) is 2.79. The highest BCUT2D eigenvalue weighted by Crippen LogP contribution is 2.25. The fraction of sp³-hybridized carbons (Fsp3) is 0.214. The smallest absolute Gasteiger partial charge is 0.287 e. The first-order valence-corrected chi connectivity index (χ1v) is 5.76. The Balaban J connectivity index is 2.23. The lowest BCUT2D eigenvalue weighted by Gasteiger charge is -2.05. The number of furan rings is 1. The van der Waals surface area contributed by atoms with Gasteiger partial charge in [0.25, 0.3) is 5.91 Å². The topological polar surface area (TPSA) is 62.5 Å². The molecule has 1 aromatic carbocycles. The summed E-state index contributed by atoms with van der Waals surface area (Å²) in [6.45, 7) is 3.77. The van der Waals surface area contributed by atoms with Gasteiger partial charge in [-0.3, -0.25) is 4.79 Å². The van der Waals surface area contributed by atoms with E-state index in [2.05, 4.69) is 5.32 Å². The second-order valence-corrected chi connectivity index (χ2v) is 4.34. The van der Waals surface area contributed by atoms with Gasteiger partial charge in [0.05, 0.1) is 0 Å². The molecule has 0 aliphatic rings. The van der Waals surface area contributed by atoms with Crippen LogP contribution < -0.4 is 5.32 Å². The van der Waals surface area contributed by atoms with E-state index in [0.717, 1.165) is 5.56 Å². The first kappa shape index (κ1) is 12.2. The van der Waals surface area contributed by atoms with Gasteiger partial charge in [-0.25, -0.2) is 0 Å². The monoisotopic (exact) mass is 245 g/mol. The molecule has 0 unspecified atom stereocenters. The zero-order valence-electron chi connectivity index (χ0n) is 10.3. The Morgan fingerprint density at radius 3 is 2.72 bits per heavy atom. The van der Waals surface area contributed by atoms with Crippen molar-refractivity contribution in [2.24, 2.45) is 0 Å². The summed E-state index contributed by atoms with van der Waals surface area (Å²) in [6, 6.07) is 10.1. The SMILES string of the molecule is CC(C)NC(=O)c1ccc(-c2cccc(O)c2)o1. The maximum atomic E-state index is 11.7. The van der Waals surface area contributed by atoms with E-state index in [-0.39, 0.29) is 23.5 Å². The number of nitrogens with one attached hydrogen (secondary N) is 1. The molecule has 0 saturated heterocycles. The quantitative estimate of drug-likeness (QED) is 0.874. The molecule has 4 heteroatoms. The van der Waals surface area contributed by atoms with E-state index < -0.39 is 0 Å². The third-order valence-corrected chi connectivity index (χ3v) is 2.38. The van der Waals surface area contributed by atoms with Crippen LogP contribution in [0, 0.1) is 0 Å². The number of hydrogen-bond acceptors (Lipinski definition) is 3. The molecule has 0 fully saturated rings. The molecular weight excluding hydrogens is 230 g/mol. The number of aromatic hydroxyl groups is 1. The van der Waals surface area contributed by atoms with Crippen molar-refractivity contribution in [1.82, 2.24) is 5.32 Å². The minimum absolute atomic E-state index is 0.0619. The molecule has 1 aromatic heterocycles. The molecule has 0 radical (unpaired) electrons. The first-order valence-electron chi connectivity index (χ1n) is 5.76. The van der Waals surface area contributed by atoms with Crippen LogP contribution in [0.2, 0.25) is 0 Å². The lowest BCUT2D eigenvalue weighted by Crippen LogP contribution is -2.29. The molecule has 2 N–H and O–H groups in total. The van der Waals surface area contributed by atoms with Gasteiger partial charge in [-0.05, 0) is 38.1 Å². The van der Waals surface area contributed by atoms with E-state index in [0.29, 0.717) is 5.76 Å². The maximum absolute atomic E-state index is 11.7. The highest BCUT2D eigenvalue weighted by atomic mass is 16.4. The van der Waals surface area contributed by atoms with E-state index in [9.17, 15) is 9.90 Å². The number of amides is 1. The van der Waals surface area contributed by atoms with Gasteiger partial charge < -0.3 is 14.8 Å². The average Bonchev–Trinajstić information content (AvgIpc) is 2.77. The van der Waals surface area contributed by atoms with Crippen molar-refractivity contribution in [1.29, 1.82) is 0 Å². The summed E-state index contributed by atoms with van der Waals surface area (Å²) < 4.78 is 5.46. The molecule has 1 amide bonds. The largest absolute Gasteiger partial charge is 0.508 e. The van der Waals surface area contributed by atoms with Crippen LogP contribution in [0.3, 0.4) is 0 Å². The van der Waals surface area contributed by atoms with Crippen LogP contribution in [-0.4, -0.2) is 17.1 Å². The van der Waals surface area contributed by atoms with Gasteiger partial charge in [0.15, 0.2) is 5.76 Å². The van der Waals surface area contributed by atoms with Gasteiger partial charge in [0, 0.05) is 11.6 Å². The molecular formula is C14H15NO3. The highest BCUT2D eigenvalue weighted by molar-refractivity contribution is 5.92. The summed E-state index contributed by atoms with van der Waals surface area (Å²) >= 11 is 0. The van der Waals surface area contributed by atoms with E-state index in [1.54, 1.807) is 30.3 Å². The van der Waals surface area contributed by atoms with Gasteiger partial charge in [0.2, 0.25) is 0 Å². The lowest BCUT2D eigenvalue weighted by atomic mass is 10.2. The third-order valence-electron chi connectivity index (χ3n) is 2.38. The molecule has 1 heterocycles. The van der Waals surface area contributed by atoms with E-state index >= 15 is 0 Å². The van der Waals surface area contributed by atoms with Crippen molar-refractivity contribution in [3.8, 4) is 17.1 Å². The molecule has 94 valence electrons. The Morgan fingerprint density at radius 1 is 1.28 bits per heavy atom. The van der Waals surface area contributed by atoms with E-state index in [1.165, 1.54) is 0 Å². The Labute approximate surface area is 105 Å². The predicted molar refractivity (Wildman–Crippen MR) is 68.4 cm³/mol. The van der Waals surface area contributed by atoms with Crippen LogP contribution in [-0.2, 0) is 0 Å². The zero-order chi connectivity index (χ0) is 13.1. The van der Waals surface area contributed by atoms with Crippen LogP contribution >= 0.6 is 0 Å². The number of phenols is 1. The second kappa shape index (κ2) is 4.96. The summed E-state index contributed by atoms with van der Waals surface area (Å²) in [5.74, 6) is 0.746. The Kier molecular flexibility index (Phi) is 3.37. The molecule has 0 bridgehead atoms. The van der Waals surface area contributed by atoms with Crippen molar-refractivity contribution in [2.75, 3.05) is 0 Å². The molecule has 2 rings (SSSR count).